The van der Waals surface area contributed by atoms with Crippen LogP contribution in [-0.4, -0.2) is 47.9 Å². The molecule has 0 amide bonds. The van der Waals surface area contributed by atoms with Crippen molar-refractivity contribution in [2.45, 2.75) is 25.9 Å². The molecule has 3 aromatic carbocycles. The summed E-state index contributed by atoms with van der Waals surface area (Å²) in [5, 5.41) is 20.1. The van der Waals surface area contributed by atoms with Gasteiger partial charge in [0.2, 0.25) is 0 Å². The van der Waals surface area contributed by atoms with E-state index in [0.717, 1.165) is 5.56 Å². The molecule has 0 aromatic heterocycles. The number of carbonyl (C=O) groups excluding carboxylic acids is 2. The van der Waals surface area contributed by atoms with Gasteiger partial charge in [0.25, 0.3) is 0 Å². The Labute approximate surface area is 198 Å². The number of aliphatic hydroxyl groups excluding tert-OH is 1. The molecule has 7 nitrogen and oxygen atoms in total. The second-order valence-corrected chi connectivity index (χ2v) is 7.54. The molecule has 1 unspecified atom stereocenters. The van der Waals surface area contributed by atoms with Gasteiger partial charge in [-0.25, -0.2) is 4.79 Å². The molecule has 3 rings (SSSR count). The number of hydrogen-bond donors (Lipinski definition) is 2. The van der Waals surface area contributed by atoms with Crippen LogP contribution in [0, 0.1) is 0 Å². The van der Waals surface area contributed by atoms with Gasteiger partial charge in [0.1, 0.15) is 17.2 Å². The number of hydrogen-bond acceptors (Lipinski definition) is 7. The van der Waals surface area contributed by atoms with Crippen LogP contribution in [0.15, 0.2) is 72.8 Å². The zero-order valence-electron chi connectivity index (χ0n) is 19.0. The topological polar surface area (TPSA) is 102 Å². The van der Waals surface area contributed by atoms with E-state index in [1.807, 2.05) is 6.07 Å². The Balaban J connectivity index is 1.40. The Bertz CT molecular complexity index is 1080. The third-order valence-electron chi connectivity index (χ3n) is 4.99. The molecular formula is C27H28O7. The van der Waals surface area contributed by atoms with Gasteiger partial charge in [-0.2, -0.15) is 0 Å². The second kappa shape index (κ2) is 12.4. The van der Waals surface area contributed by atoms with E-state index in [1.165, 1.54) is 6.07 Å². The summed E-state index contributed by atoms with van der Waals surface area (Å²) in [5.41, 5.74) is 1.53. The minimum absolute atomic E-state index is 0.129. The number of ether oxygens (including phenoxy) is 3. The van der Waals surface area contributed by atoms with Crippen LogP contribution in [0.3, 0.4) is 0 Å². The Morgan fingerprint density at radius 3 is 2.18 bits per heavy atom. The highest BCUT2D eigenvalue weighted by molar-refractivity contribution is 6.10. The van der Waals surface area contributed by atoms with Crippen molar-refractivity contribution >= 4 is 11.8 Å². The molecule has 1 atom stereocenters. The van der Waals surface area contributed by atoms with E-state index in [2.05, 4.69) is 0 Å². The van der Waals surface area contributed by atoms with Crippen LogP contribution in [-0.2, 0) is 16.0 Å². The van der Waals surface area contributed by atoms with Crippen molar-refractivity contribution in [1.82, 2.24) is 0 Å². The third-order valence-corrected chi connectivity index (χ3v) is 4.99. The highest BCUT2D eigenvalue weighted by atomic mass is 16.5. The van der Waals surface area contributed by atoms with Crippen LogP contribution < -0.4 is 9.47 Å². The predicted octanol–water partition coefficient (Wildman–Crippen LogP) is 3.94. The van der Waals surface area contributed by atoms with Crippen LogP contribution >= 0.6 is 0 Å². The largest absolute Gasteiger partial charge is 0.507 e. The standard InChI is InChI=1S/C27H28O7/c1-2-32-27(31)25(29)17-19-9-11-21(12-10-19)33-15-6-16-34-22-13-14-23(24(28)18-22)26(30)20-7-4-3-5-8-20/h3-5,7-14,18,25,28-29H,2,6,15-17H2,1H3. The summed E-state index contributed by atoms with van der Waals surface area (Å²) in [5.74, 6) is 0.117. The zero-order valence-corrected chi connectivity index (χ0v) is 19.0. The van der Waals surface area contributed by atoms with Gasteiger partial charge < -0.3 is 24.4 Å². The molecule has 178 valence electrons. The van der Waals surface area contributed by atoms with Gasteiger partial charge in [-0.3, -0.25) is 4.79 Å². The summed E-state index contributed by atoms with van der Waals surface area (Å²) >= 11 is 0. The lowest BCUT2D eigenvalue weighted by atomic mass is 10.0. The van der Waals surface area contributed by atoms with E-state index >= 15 is 0 Å². The number of esters is 1. The molecule has 0 saturated heterocycles. The molecule has 0 radical (unpaired) electrons. The molecule has 0 spiro atoms. The molecule has 0 bridgehead atoms. The van der Waals surface area contributed by atoms with Gasteiger partial charge in [0.15, 0.2) is 11.9 Å². The number of rotatable bonds is 12. The fourth-order valence-electron chi connectivity index (χ4n) is 3.24. The quantitative estimate of drug-likeness (QED) is 0.238. The Hall–Kier alpha value is -3.84. The number of carbonyl (C=O) groups is 2. The lowest BCUT2D eigenvalue weighted by molar-refractivity contribution is -0.152. The van der Waals surface area contributed by atoms with Crippen molar-refractivity contribution < 1.29 is 34.0 Å². The first kappa shape index (κ1) is 24.8. The maximum absolute atomic E-state index is 12.5. The predicted molar refractivity (Wildman–Crippen MR) is 126 cm³/mol. The van der Waals surface area contributed by atoms with Crippen molar-refractivity contribution in [3.8, 4) is 17.2 Å². The lowest BCUT2D eigenvalue weighted by Gasteiger charge is -2.11. The number of aromatic hydroxyl groups is 1. The highest BCUT2D eigenvalue weighted by Crippen LogP contribution is 2.26. The number of ketones is 1. The molecule has 2 N–H and O–H groups in total. The van der Waals surface area contributed by atoms with Crippen LogP contribution in [0.25, 0.3) is 0 Å². The molecule has 0 fully saturated rings. The summed E-state index contributed by atoms with van der Waals surface area (Å²) in [6.45, 7) is 2.71. The molecule has 0 saturated carbocycles. The number of phenols is 1. The van der Waals surface area contributed by atoms with E-state index < -0.39 is 12.1 Å². The lowest BCUT2D eigenvalue weighted by Crippen LogP contribution is -2.25. The van der Waals surface area contributed by atoms with Crippen molar-refractivity contribution in [1.29, 1.82) is 0 Å². The third kappa shape index (κ3) is 7.08. The summed E-state index contributed by atoms with van der Waals surface area (Å²) in [6, 6.07) is 20.5. The summed E-state index contributed by atoms with van der Waals surface area (Å²) < 4.78 is 16.1. The van der Waals surface area contributed by atoms with E-state index in [0.29, 0.717) is 36.7 Å². The SMILES string of the molecule is CCOC(=O)C(O)Cc1ccc(OCCCOc2ccc(C(=O)c3ccccc3)c(O)c2)cc1. The molecule has 0 aliphatic carbocycles. The first-order valence-corrected chi connectivity index (χ1v) is 11.1. The highest BCUT2D eigenvalue weighted by Gasteiger charge is 2.16. The molecule has 3 aromatic rings. The first-order chi connectivity index (χ1) is 16.5. The molecule has 0 heterocycles. The Morgan fingerprint density at radius 1 is 0.882 bits per heavy atom. The van der Waals surface area contributed by atoms with Crippen molar-refractivity contribution in [2.24, 2.45) is 0 Å². The van der Waals surface area contributed by atoms with E-state index in [4.69, 9.17) is 14.2 Å². The average molecular weight is 465 g/mol. The Morgan fingerprint density at radius 2 is 1.53 bits per heavy atom. The average Bonchev–Trinajstić information content (AvgIpc) is 2.85. The maximum atomic E-state index is 12.5. The van der Waals surface area contributed by atoms with Crippen LogP contribution in [0.1, 0.15) is 34.8 Å². The number of benzene rings is 3. The zero-order chi connectivity index (χ0) is 24.3. The van der Waals surface area contributed by atoms with Crippen molar-refractivity contribution in [3.63, 3.8) is 0 Å². The fourth-order valence-corrected chi connectivity index (χ4v) is 3.24. The van der Waals surface area contributed by atoms with Crippen molar-refractivity contribution in [2.75, 3.05) is 19.8 Å². The fraction of sp³-hybridized carbons (Fsp3) is 0.259. The van der Waals surface area contributed by atoms with Crippen LogP contribution in [0.5, 0.6) is 17.2 Å². The van der Waals surface area contributed by atoms with Gasteiger partial charge in [-0.1, -0.05) is 42.5 Å². The van der Waals surface area contributed by atoms with Gasteiger partial charge >= 0.3 is 5.97 Å². The summed E-state index contributed by atoms with van der Waals surface area (Å²) in [7, 11) is 0. The minimum Gasteiger partial charge on any atom is -0.507 e. The summed E-state index contributed by atoms with van der Waals surface area (Å²) in [4.78, 5) is 24.0. The van der Waals surface area contributed by atoms with Gasteiger partial charge in [-0.15, -0.1) is 0 Å². The Kier molecular flexibility index (Phi) is 9.05. The maximum Gasteiger partial charge on any atom is 0.335 e. The number of phenolic OH excluding ortho intramolecular Hbond substituents is 1. The molecule has 7 heteroatoms. The van der Waals surface area contributed by atoms with Crippen LogP contribution in [0.4, 0.5) is 0 Å². The van der Waals surface area contributed by atoms with Gasteiger partial charge in [0.05, 0.1) is 25.4 Å². The smallest absolute Gasteiger partial charge is 0.335 e. The monoisotopic (exact) mass is 464 g/mol. The van der Waals surface area contributed by atoms with E-state index in [9.17, 15) is 19.8 Å². The molecule has 34 heavy (non-hydrogen) atoms. The summed E-state index contributed by atoms with van der Waals surface area (Å²) in [6.07, 6.45) is -0.404. The molecule has 0 aliphatic rings. The minimum atomic E-state index is -1.19. The van der Waals surface area contributed by atoms with Crippen LogP contribution in [0.2, 0.25) is 0 Å². The van der Waals surface area contributed by atoms with Gasteiger partial charge in [0, 0.05) is 24.5 Å². The van der Waals surface area contributed by atoms with Crippen molar-refractivity contribution in [3.05, 3.63) is 89.5 Å². The van der Waals surface area contributed by atoms with E-state index in [1.54, 1.807) is 67.6 Å². The first-order valence-electron chi connectivity index (χ1n) is 11.1. The molecular weight excluding hydrogens is 436 g/mol. The number of aliphatic hydroxyl groups is 1. The molecule has 0 aliphatic heterocycles. The van der Waals surface area contributed by atoms with E-state index in [-0.39, 0.29) is 30.1 Å². The van der Waals surface area contributed by atoms with Gasteiger partial charge in [-0.05, 0) is 36.8 Å². The normalized spacial score (nSPS) is 11.5. The second-order valence-electron chi connectivity index (χ2n) is 7.54.